The highest BCUT2D eigenvalue weighted by atomic mass is 35.5. The van der Waals surface area contributed by atoms with Gasteiger partial charge < -0.3 is 0 Å². The summed E-state index contributed by atoms with van der Waals surface area (Å²) in [6, 6.07) is 7.16. The maximum absolute atomic E-state index is 6.38. The maximum Gasteiger partial charge on any atom is 0.0655 e. The highest BCUT2D eigenvalue weighted by Crippen LogP contribution is 2.36. The Bertz CT molecular complexity index is 536. The van der Waals surface area contributed by atoms with Crippen LogP contribution in [0.5, 0.6) is 0 Å². The second-order valence-corrected chi connectivity index (χ2v) is 5.52. The molecular weight excluding hydrogens is 312 g/mol. The van der Waals surface area contributed by atoms with Crippen LogP contribution in [0.3, 0.4) is 0 Å². The molecule has 0 spiro atoms. The van der Waals surface area contributed by atoms with Gasteiger partial charge in [0, 0.05) is 28.0 Å². The van der Waals surface area contributed by atoms with Crippen LogP contribution in [0.15, 0.2) is 36.7 Å². The monoisotopic (exact) mass is 319 g/mol. The Kier molecular flexibility index (Phi) is 4.74. The molecular formula is C13H9Cl4N. The van der Waals surface area contributed by atoms with E-state index in [1.807, 2.05) is 6.07 Å². The third-order valence-corrected chi connectivity index (χ3v) is 3.94. The molecule has 0 N–H and O–H groups in total. The molecule has 0 radical (unpaired) electrons. The highest BCUT2D eigenvalue weighted by Gasteiger charge is 2.17. The van der Waals surface area contributed by atoms with Crippen LogP contribution in [0.25, 0.3) is 0 Å². The van der Waals surface area contributed by atoms with Gasteiger partial charge in [0.05, 0.1) is 10.4 Å². The first-order valence-corrected chi connectivity index (χ1v) is 6.83. The first-order chi connectivity index (χ1) is 8.59. The summed E-state index contributed by atoms with van der Waals surface area (Å²) in [6.45, 7) is 0. The second kappa shape index (κ2) is 6.12. The third-order valence-electron chi connectivity index (χ3n) is 2.57. The predicted molar refractivity (Wildman–Crippen MR) is 78.0 cm³/mol. The number of nitrogens with zero attached hydrogens (tertiary/aromatic N) is 1. The molecule has 1 nitrogen and oxygen atoms in total. The molecule has 1 aromatic heterocycles. The summed E-state index contributed by atoms with van der Waals surface area (Å²) in [6.07, 6.45) is 3.82. The lowest BCUT2D eigenvalue weighted by Crippen LogP contribution is -1.99. The second-order valence-electron chi connectivity index (χ2n) is 3.77. The first kappa shape index (κ1) is 14.0. The van der Waals surface area contributed by atoms with Crippen LogP contribution < -0.4 is 0 Å². The third kappa shape index (κ3) is 3.10. The lowest BCUT2D eigenvalue weighted by atomic mass is 10.0. The maximum atomic E-state index is 6.38. The number of benzene rings is 1. The van der Waals surface area contributed by atoms with Crippen molar-refractivity contribution in [3.63, 3.8) is 0 Å². The molecule has 1 unspecified atom stereocenters. The summed E-state index contributed by atoms with van der Waals surface area (Å²) in [5.74, 6) is 0. The molecule has 0 bridgehead atoms. The van der Waals surface area contributed by atoms with Crippen molar-refractivity contribution in [1.29, 1.82) is 0 Å². The van der Waals surface area contributed by atoms with Gasteiger partial charge in [-0.25, -0.2) is 0 Å². The Hall–Kier alpha value is -0.470. The van der Waals surface area contributed by atoms with Crippen LogP contribution in [0.4, 0.5) is 0 Å². The number of pyridine rings is 1. The van der Waals surface area contributed by atoms with Crippen LogP contribution in [0, 0.1) is 0 Å². The van der Waals surface area contributed by atoms with Gasteiger partial charge in [-0.2, -0.15) is 0 Å². The SMILES string of the molecule is Clc1cnccc1CC(Cl)c1c(Cl)cccc1Cl. The summed E-state index contributed by atoms with van der Waals surface area (Å²) >= 11 is 24.7. The van der Waals surface area contributed by atoms with E-state index in [-0.39, 0.29) is 5.38 Å². The topological polar surface area (TPSA) is 12.9 Å². The lowest BCUT2D eigenvalue weighted by molar-refractivity contribution is 0.917. The largest absolute Gasteiger partial charge is 0.263 e. The number of hydrogen-bond acceptors (Lipinski definition) is 1. The van der Waals surface area contributed by atoms with Crippen LogP contribution in [0.1, 0.15) is 16.5 Å². The van der Waals surface area contributed by atoms with E-state index in [2.05, 4.69) is 4.98 Å². The van der Waals surface area contributed by atoms with Gasteiger partial charge in [-0.1, -0.05) is 40.9 Å². The first-order valence-electron chi connectivity index (χ1n) is 5.26. The fourth-order valence-electron chi connectivity index (χ4n) is 1.67. The van der Waals surface area contributed by atoms with E-state index in [9.17, 15) is 0 Å². The highest BCUT2D eigenvalue weighted by molar-refractivity contribution is 6.37. The van der Waals surface area contributed by atoms with Crippen LogP contribution in [-0.4, -0.2) is 4.98 Å². The fourth-order valence-corrected chi connectivity index (χ4v) is 3.05. The van der Waals surface area contributed by atoms with Crippen molar-refractivity contribution in [3.8, 4) is 0 Å². The van der Waals surface area contributed by atoms with Crippen LogP contribution in [0.2, 0.25) is 15.1 Å². The quantitative estimate of drug-likeness (QED) is 0.674. The lowest BCUT2D eigenvalue weighted by Gasteiger charge is -2.14. The summed E-state index contributed by atoms with van der Waals surface area (Å²) in [4.78, 5) is 3.93. The number of halogens is 4. The van der Waals surface area contributed by atoms with E-state index in [1.54, 1.807) is 30.6 Å². The molecule has 0 aliphatic heterocycles. The molecule has 1 aromatic carbocycles. The summed E-state index contributed by atoms with van der Waals surface area (Å²) < 4.78 is 0. The van der Waals surface area contributed by atoms with Crippen molar-refractivity contribution in [2.75, 3.05) is 0 Å². The minimum atomic E-state index is -0.328. The zero-order valence-corrected chi connectivity index (χ0v) is 12.2. The molecule has 18 heavy (non-hydrogen) atoms. The van der Waals surface area contributed by atoms with Crippen molar-refractivity contribution in [2.24, 2.45) is 0 Å². The average Bonchev–Trinajstić information content (AvgIpc) is 2.32. The minimum absolute atomic E-state index is 0.328. The normalized spacial score (nSPS) is 12.4. The van der Waals surface area contributed by atoms with Crippen LogP contribution in [-0.2, 0) is 6.42 Å². The fraction of sp³-hybridized carbons (Fsp3) is 0.154. The van der Waals surface area contributed by atoms with E-state index in [4.69, 9.17) is 46.4 Å². The van der Waals surface area contributed by atoms with Crippen molar-refractivity contribution in [3.05, 3.63) is 62.9 Å². The molecule has 0 saturated carbocycles. The molecule has 1 atom stereocenters. The Morgan fingerprint density at radius 2 is 1.67 bits per heavy atom. The Morgan fingerprint density at radius 1 is 1.00 bits per heavy atom. The van der Waals surface area contributed by atoms with Gasteiger partial charge in [-0.05, 0) is 30.2 Å². The number of aromatic nitrogens is 1. The molecule has 5 heteroatoms. The number of alkyl halides is 1. The van der Waals surface area contributed by atoms with Gasteiger partial charge in [0.1, 0.15) is 0 Å². The van der Waals surface area contributed by atoms with Gasteiger partial charge in [0.25, 0.3) is 0 Å². The molecule has 2 aromatic rings. The predicted octanol–water partition coefficient (Wildman–Crippen LogP) is 5.56. The summed E-state index contributed by atoms with van der Waals surface area (Å²) in [5, 5.41) is 1.39. The van der Waals surface area contributed by atoms with E-state index >= 15 is 0 Å². The summed E-state index contributed by atoms with van der Waals surface area (Å²) in [7, 11) is 0. The van der Waals surface area contributed by atoms with E-state index in [0.717, 1.165) is 11.1 Å². The molecule has 0 aliphatic rings. The van der Waals surface area contributed by atoms with Gasteiger partial charge in [0.15, 0.2) is 0 Å². The average molecular weight is 321 g/mol. The smallest absolute Gasteiger partial charge is 0.0655 e. The molecule has 0 aliphatic carbocycles. The minimum Gasteiger partial charge on any atom is -0.263 e. The van der Waals surface area contributed by atoms with Crippen molar-refractivity contribution in [2.45, 2.75) is 11.8 Å². The number of rotatable bonds is 3. The standard InChI is InChI=1S/C13H9Cl4N/c14-9-2-1-3-10(15)13(9)11(16)6-8-4-5-18-7-12(8)17/h1-5,7,11H,6H2. The van der Waals surface area contributed by atoms with Crippen molar-refractivity contribution < 1.29 is 0 Å². The van der Waals surface area contributed by atoms with Crippen molar-refractivity contribution >= 4 is 46.4 Å². The number of hydrogen-bond donors (Lipinski definition) is 0. The summed E-state index contributed by atoms with van der Waals surface area (Å²) in [5.41, 5.74) is 1.65. The van der Waals surface area contributed by atoms with E-state index in [0.29, 0.717) is 21.5 Å². The Morgan fingerprint density at radius 3 is 2.28 bits per heavy atom. The Labute approximate surface area is 126 Å². The van der Waals surface area contributed by atoms with Crippen LogP contribution >= 0.6 is 46.4 Å². The molecule has 94 valence electrons. The molecule has 2 rings (SSSR count). The molecule has 0 saturated heterocycles. The zero-order valence-electron chi connectivity index (χ0n) is 9.21. The molecule has 1 heterocycles. The van der Waals surface area contributed by atoms with Gasteiger partial charge in [0.2, 0.25) is 0 Å². The van der Waals surface area contributed by atoms with E-state index < -0.39 is 0 Å². The van der Waals surface area contributed by atoms with Gasteiger partial charge >= 0.3 is 0 Å². The van der Waals surface area contributed by atoms with Crippen molar-refractivity contribution in [1.82, 2.24) is 4.98 Å². The molecule has 0 amide bonds. The van der Waals surface area contributed by atoms with Gasteiger partial charge in [-0.3, -0.25) is 4.98 Å². The Balaban J connectivity index is 2.28. The van der Waals surface area contributed by atoms with Gasteiger partial charge in [-0.15, -0.1) is 11.6 Å². The molecule has 0 fully saturated rings. The zero-order chi connectivity index (χ0) is 13.1. The van der Waals surface area contributed by atoms with E-state index in [1.165, 1.54) is 0 Å².